The van der Waals surface area contributed by atoms with E-state index in [1.807, 2.05) is 24.3 Å². The summed E-state index contributed by atoms with van der Waals surface area (Å²) in [5, 5.41) is 10.9. The molecule has 1 aliphatic rings. The highest BCUT2D eigenvalue weighted by Crippen LogP contribution is 2.41. The van der Waals surface area contributed by atoms with E-state index in [0.29, 0.717) is 6.54 Å². The van der Waals surface area contributed by atoms with Crippen molar-refractivity contribution in [1.82, 2.24) is 0 Å². The first-order valence-corrected chi connectivity index (χ1v) is 6.76. The lowest BCUT2D eigenvalue weighted by Gasteiger charge is -2.39. The van der Waals surface area contributed by atoms with Crippen LogP contribution in [-0.2, 0) is 0 Å². The zero-order valence-electron chi connectivity index (χ0n) is 11.1. The van der Waals surface area contributed by atoms with E-state index in [4.69, 9.17) is 10.5 Å². The van der Waals surface area contributed by atoms with Gasteiger partial charge in [-0.05, 0) is 18.9 Å². The average molecular weight is 249 g/mol. The number of benzene rings is 1. The molecule has 1 aromatic carbocycles. The second kappa shape index (κ2) is 5.72. The number of aliphatic hydroxyl groups is 1. The van der Waals surface area contributed by atoms with Gasteiger partial charge in [0.05, 0.1) is 12.7 Å². The van der Waals surface area contributed by atoms with Crippen molar-refractivity contribution >= 4 is 0 Å². The molecule has 0 aliphatic heterocycles. The number of ether oxygens (including phenoxy) is 1. The highest BCUT2D eigenvalue weighted by Gasteiger charge is 2.38. The van der Waals surface area contributed by atoms with Gasteiger partial charge in [0, 0.05) is 18.0 Å². The largest absolute Gasteiger partial charge is 0.496 e. The minimum Gasteiger partial charge on any atom is -0.496 e. The van der Waals surface area contributed by atoms with E-state index in [2.05, 4.69) is 0 Å². The van der Waals surface area contributed by atoms with E-state index in [1.165, 1.54) is 6.42 Å². The molecule has 0 bridgehead atoms. The van der Waals surface area contributed by atoms with Crippen molar-refractivity contribution in [2.45, 2.75) is 43.6 Å². The molecule has 0 aromatic heterocycles. The predicted octanol–water partition coefficient (Wildman–Crippen LogP) is 2.43. The number of hydrogen-bond acceptors (Lipinski definition) is 3. The predicted molar refractivity (Wildman–Crippen MR) is 72.8 cm³/mol. The zero-order valence-corrected chi connectivity index (χ0v) is 11.1. The van der Waals surface area contributed by atoms with E-state index in [-0.39, 0.29) is 5.92 Å². The molecule has 1 aromatic rings. The molecular weight excluding hydrogens is 226 g/mol. The zero-order chi connectivity index (χ0) is 13.0. The fourth-order valence-electron chi connectivity index (χ4n) is 3.10. The minimum absolute atomic E-state index is 0.0334. The van der Waals surface area contributed by atoms with Gasteiger partial charge < -0.3 is 15.6 Å². The van der Waals surface area contributed by atoms with Gasteiger partial charge in [-0.1, -0.05) is 37.5 Å². The van der Waals surface area contributed by atoms with Crippen LogP contribution in [0, 0.1) is 0 Å². The number of nitrogens with two attached hydrogens (primary N) is 1. The molecule has 3 N–H and O–H groups in total. The maximum absolute atomic E-state index is 10.9. The van der Waals surface area contributed by atoms with Crippen molar-refractivity contribution in [1.29, 1.82) is 0 Å². The van der Waals surface area contributed by atoms with Crippen LogP contribution in [0.15, 0.2) is 24.3 Å². The molecular formula is C15H23NO2. The molecule has 0 unspecified atom stereocenters. The molecule has 3 heteroatoms. The van der Waals surface area contributed by atoms with Gasteiger partial charge in [0.15, 0.2) is 0 Å². The Balaban J connectivity index is 2.32. The third kappa shape index (κ3) is 2.52. The Morgan fingerprint density at radius 3 is 2.56 bits per heavy atom. The molecule has 0 amide bonds. The van der Waals surface area contributed by atoms with E-state index in [1.54, 1.807) is 7.11 Å². The fourth-order valence-corrected chi connectivity index (χ4v) is 3.10. The summed E-state index contributed by atoms with van der Waals surface area (Å²) in [6.07, 6.45) is 5.07. The van der Waals surface area contributed by atoms with Crippen molar-refractivity contribution < 1.29 is 9.84 Å². The van der Waals surface area contributed by atoms with Gasteiger partial charge in [0.2, 0.25) is 0 Å². The van der Waals surface area contributed by atoms with Gasteiger partial charge in [-0.15, -0.1) is 0 Å². The number of rotatable bonds is 4. The Bertz CT molecular complexity index is 386. The Labute approximate surface area is 109 Å². The van der Waals surface area contributed by atoms with Crippen LogP contribution in [0.4, 0.5) is 0 Å². The first-order valence-electron chi connectivity index (χ1n) is 6.76. The average Bonchev–Trinajstić information content (AvgIpc) is 2.40. The standard InChI is InChI=1S/C15H23NO2/c1-18-14-8-4-3-7-12(14)13(11-16)15(17)9-5-2-6-10-15/h3-4,7-8,13,17H,2,5-6,9-11,16H2,1H3/t13-/m0/s1. The molecule has 0 spiro atoms. The molecule has 100 valence electrons. The summed E-state index contributed by atoms with van der Waals surface area (Å²) in [6, 6.07) is 7.88. The molecule has 1 fully saturated rings. The van der Waals surface area contributed by atoms with Gasteiger partial charge in [-0.2, -0.15) is 0 Å². The lowest BCUT2D eigenvalue weighted by Crippen LogP contribution is -2.42. The van der Waals surface area contributed by atoms with Crippen molar-refractivity contribution in [3.8, 4) is 5.75 Å². The topological polar surface area (TPSA) is 55.5 Å². The van der Waals surface area contributed by atoms with Gasteiger partial charge >= 0.3 is 0 Å². The van der Waals surface area contributed by atoms with Crippen molar-refractivity contribution in [2.24, 2.45) is 5.73 Å². The van der Waals surface area contributed by atoms with E-state index < -0.39 is 5.60 Å². The summed E-state index contributed by atoms with van der Waals surface area (Å²) in [5.41, 5.74) is 6.30. The SMILES string of the molecule is COc1ccccc1[C@H](CN)C1(O)CCCCC1. The summed E-state index contributed by atoms with van der Waals surface area (Å²) in [4.78, 5) is 0. The molecule has 0 saturated heterocycles. The monoisotopic (exact) mass is 249 g/mol. The molecule has 1 aliphatic carbocycles. The Morgan fingerprint density at radius 1 is 1.28 bits per heavy atom. The van der Waals surface area contributed by atoms with Gasteiger partial charge in [0.25, 0.3) is 0 Å². The molecule has 0 heterocycles. The Kier molecular flexibility index (Phi) is 4.25. The van der Waals surface area contributed by atoms with Crippen LogP contribution >= 0.6 is 0 Å². The third-order valence-electron chi connectivity index (χ3n) is 4.12. The second-order valence-electron chi connectivity index (χ2n) is 5.19. The van der Waals surface area contributed by atoms with Crippen LogP contribution in [0.2, 0.25) is 0 Å². The van der Waals surface area contributed by atoms with Crippen LogP contribution in [0.5, 0.6) is 5.75 Å². The Morgan fingerprint density at radius 2 is 1.94 bits per heavy atom. The molecule has 1 atom stereocenters. The summed E-state index contributed by atoms with van der Waals surface area (Å²) >= 11 is 0. The summed E-state index contributed by atoms with van der Waals surface area (Å²) in [6.45, 7) is 0.455. The lowest BCUT2D eigenvalue weighted by atomic mass is 9.72. The molecule has 1 saturated carbocycles. The summed E-state index contributed by atoms with van der Waals surface area (Å²) in [5.74, 6) is 0.792. The first kappa shape index (κ1) is 13.4. The number of hydrogen-bond donors (Lipinski definition) is 2. The first-order chi connectivity index (χ1) is 8.71. The van der Waals surface area contributed by atoms with E-state index >= 15 is 0 Å². The highest BCUT2D eigenvalue weighted by atomic mass is 16.5. The van der Waals surface area contributed by atoms with Crippen molar-refractivity contribution in [3.63, 3.8) is 0 Å². The van der Waals surface area contributed by atoms with Gasteiger partial charge in [0.1, 0.15) is 5.75 Å². The minimum atomic E-state index is -0.665. The molecule has 18 heavy (non-hydrogen) atoms. The Hall–Kier alpha value is -1.06. The number of methoxy groups -OCH3 is 1. The second-order valence-corrected chi connectivity index (χ2v) is 5.19. The van der Waals surface area contributed by atoms with Crippen LogP contribution in [0.25, 0.3) is 0 Å². The molecule has 2 rings (SSSR count). The molecule has 0 radical (unpaired) electrons. The summed E-state index contributed by atoms with van der Waals surface area (Å²) < 4.78 is 5.40. The van der Waals surface area contributed by atoms with Crippen LogP contribution < -0.4 is 10.5 Å². The third-order valence-corrected chi connectivity index (χ3v) is 4.12. The van der Waals surface area contributed by atoms with E-state index in [0.717, 1.165) is 37.0 Å². The lowest BCUT2D eigenvalue weighted by molar-refractivity contribution is -0.0199. The summed E-state index contributed by atoms with van der Waals surface area (Å²) in [7, 11) is 1.66. The normalized spacial score (nSPS) is 20.4. The van der Waals surface area contributed by atoms with E-state index in [9.17, 15) is 5.11 Å². The highest BCUT2D eigenvalue weighted by molar-refractivity contribution is 5.38. The molecule has 3 nitrogen and oxygen atoms in total. The van der Waals surface area contributed by atoms with Gasteiger partial charge in [-0.25, -0.2) is 0 Å². The maximum atomic E-state index is 10.9. The van der Waals surface area contributed by atoms with Crippen LogP contribution in [-0.4, -0.2) is 24.4 Å². The fraction of sp³-hybridized carbons (Fsp3) is 0.600. The van der Waals surface area contributed by atoms with Crippen LogP contribution in [0.1, 0.15) is 43.6 Å². The van der Waals surface area contributed by atoms with Crippen LogP contribution in [0.3, 0.4) is 0 Å². The van der Waals surface area contributed by atoms with Crippen molar-refractivity contribution in [2.75, 3.05) is 13.7 Å². The maximum Gasteiger partial charge on any atom is 0.122 e. The van der Waals surface area contributed by atoms with Gasteiger partial charge in [-0.3, -0.25) is 0 Å². The number of para-hydroxylation sites is 1. The quantitative estimate of drug-likeness (QED) is 0.861. The van der Waals surface area contributed by atoms with Crippen molar-refractivity contribution in [3.05, 3.63) is 29.8 Å². The smallest absolute Gasteiger partial charge is 0.122 e.